The Morgan fingerprint density at radius 3 is 2.42 bits per heavy atom. The standard InChI is InChI=1S/C16H18BrNO/c1-11-4-5-14(10-15(11)19-3)16(17)12(2)13-6-8-18-9-7-13/h4-10,12,16H,1-3H3. The first-order valence-corrected chi connectivity index (χ1v) is 7.23. The van der Waals surface area contributed by atoms with Crippen LogP contribution in [0.1, 0.15) is 34.4 Å². The van der Waals surface area contributed by atoms with Crippen LogP contribution in [-0.4, -0.2) is 12.1 Å². The van der Waals surface area contributed by atoms with Gasteiger partial charge in [-0.15, -0.1) is 0 Å². The molecule has 0 aliphatic rings. The van der Waals surface area contributed by atoms with E-state index >= 15 is 0 Å². The second kappa shape index (κ2) is 6.20. The second-order valence-corrected chi connectivity index (χ2v) is 5.69. The van der Waals surface area contributed by atoms with E-state index in [1.54, 1.807) is 7.11 Å². The van der Waals surface area contributed by atoms with Gasteiger partial charge in [-0.25, -0.2) is 0 Å². The Kier molecular flexibility index (Phi) is 4.59. The monoisotopic (exact) mass is 319 g/mol. The van der Waals surface area contributed by atoms with Crippen LogP contribution in [0.15, 0.2) is 42.7 Å². The number of ether oxygens (including phenoxy) is 1. The number of methoxy groups -OCH3 is 1. The Morgan fingerprint density at radius 2 is 1.79 bits per heavy atom. The van der Waals surface area contributed by atoms with Crippen LogP contribution in [0, 0.1) is 6.92 Å². The summed E-state index contributed by atoms with van der Waals surface area (Å²) in [6.45, 7) is 4.26. The third kappa shape index (κ3) is 3.16. The first kappa shape index (κ1) is 14.1. The first-order valence-electron chi connectivity index (χ1n) is 6.32. The van der Waals surface area contributed by atoms with Gasteiger partial charge in [0.2, 0.25) is 0 Å². The number of pyridine rings is 1. The Balaban J connectivity index is 2.26. The van der Waals surface area contributed by atoms with Crippen molar-refractivity contribution >= 4 is 15.9 Å². The molecule has 1 aromatic carbocycles. The summed E-state index contributed by atoms with van der Waals surface area (Å²) in [7, 11) is 1.71. The minimum Gasteiger partial charge on any atom is -0.496 e. The highest BCUT2D eigenvalue weighted by Gasteiger charge is 2.18. The largest absolute Gasteiger partial charge is 0.496 e. The van der Waals surface area contributed by atoms with Crippen LogP contribution in [0.2, 0.25) is 0 Å². The summed E-state index contributed by atoms with van der Waals surface area (Å²) >= 11 is 3.80. The van der Waals surface area contributed by atoms with Gasteiger partial charge in [-0.2, -0.15) is 0 Å². The van der Waals surface area contributed by atoms with E-state index in [0.717, 1.165) is 11.3 Å². The van der Waals surface area contributed by atoms with Crippen molar-refractivity contribution in [3.8, 4) is 5.75 Å². The summed E-state index contributed by atoms with van der Waals surface area (Å²) < 4.78 is 5.39. The Bertz CT molecular complexity index is 542. The highest BCUT2D eigenvalue weighted by atomic mass is 79.9. The van der Waals surface area contributed by atoms with Crippen LogP contribution in [0.4, 0.5) is 0 Å². The van der Waals surface area contributed by atoms with Gasteiger partial charge in [-0.05, 0) is 47.7 Å². The van der Waals surface area contributed by atoms with Crippen LogP contribution < -0.4 is 4.74 Å². The van der Waals surface area contributed by atoms with Crippen molar-refractivity contribution in [1.29, 1.82) is 0 Å². The van der Waals surface area contributed by atoms with Gasteiger partial charge in [0.05, 0.1) is 7.11 Å². The van der Waals surface area contributed by atoms with Gasteiger partial charge in [0.1, 0.15) is 5.75 Å². The number of rotatable bonds is 4. The van der Waals surface area contributed by atoms with E-state index < -0.39 is 0 Å². The quantitative estimate of drug-likeness (QED) is 0.766. The van der Waals surface area contributed by atoms with Gasteiger partial charge in [-0.3, -0.25) is 4.98 Å². The minimum atomic E-state index is 0.254. The zero-order chi connectivity index (χ0) is 13.8. The van der Waals surface area contributed by atoms with E-state index in [4.69, 9.17) is 4.74 Å². The van der Waals surface area contributed by atoms with Crippen LogP contribution in [0.3, 0.4) is 0 Å². The first-order chi connectivity index (χ1) is 9.13. The summed E-state index contributed by atoms with van der Waals surface area (Å²) in [5, 5.41) is 0. The molecule has 0 bridgehead atoms. The van der Waals surface area contributed by atoms with E-state index in [-0.39, 0.29) is 4.83 Å². The highest BCUT2D eigenvalue weighted by Crippen LogP contribution is 2.39. The summed E-state index contributed by atoms with van der Waals surface area (Å²) in [6, 6.07) is 10.5. The lowest BCUT2D eigenvalue weighted by molar-refractivity contribution is 0.411. The van der Waals surface area contributed by atoms with Gasteiger partial charge in [0.25, 0.3) is 0 Å². The number of hydrogen-bond donors (Lipinski definition) is 0. The van der Waals surface area contributed by atoms with Crippen molar-refractivity contribution in [2.75, 3.05) is 7.11 Å². The SMILES string of the molecule is COc1cc(C(Br)C(C)c2ccncc2)ccc1C. The van der Waals surface area contributed by atoms with E-state index in [0.29, 0.717) is 5.92 Å². The Labute approximate surface area is 123 Å². The summed E-state index contributed by atoms with van der Waals surface area (Å²) in [6.07, 6.45) is 3.67. The van der Waals surface area contributed by atoms with Crippen molar-refractivity contribution in [3.63, 3.8) is 0 Å². The van der Waals surface area contributed by atoms with Gasteiger partial charge >= 0.3 is 0 Å². The molecule has 3 heteroatoms. The van der Waals surface area contributed by atoms with Gasteiger partial charge in [0, 0.05) is 17.2 Å². The third-order valence-electron chi connectivity index (χ3n) is 3.42. The molecule has 0 aliphatic heterocycles. The predicted octanol–water partition coefficient (Wildman–Crippen LogP) is 4.64. The lowest BCUT2D eigenvalue weighted by Gasteiger charge is -2.20. The zero-order valence-electron chi connectivity index (χ0n) is 11.4. The highest BCUT2D eigenvalue weighted by molar-refractivity contribution is 9.09. The molecule has 2 rings (SSSR count). The van der Waals surface area contributed by atoms with Crippen molar-refractivity contribution < 1.29 is 4.74 Å². The molecule has 0 saturated carbocycles. The summed E-state index contributed by atoms with van der Waals surface area (Å²) in [4.78, 5) is 4.32. The minimum absolute atomic E-state index is 0.254. The molecular formula is C16H18BrNO. The number of hydrogen-bond acceptors (Lipinski definition) is 2. The topological polar surface area (TPSA) is 22.1 Å². The second-order valence-electron chi connectivity index (χ2n) is 4.70. The van der Waals surface area contributed by atoms with E-state index in [1.165, 1.54) is 11.1 Å². The van der Waals surface area contributed by atoms with E-state index in [1.807, 2.05) is 12.4 Å². The fraction of sp³-hybridized carbons (Fsp3) is 0.312. The maximum absolute atomic E-state index is 5.39. The number of halogens is 1. The van der Waals surface area contributed by atoms with E-state index in [2.05, 4.69) is 65.1 Å². The van der Waals surface area contributed by atoms with E-state index in [9.17, 15) is 0 Å². The van der Waals surface area contributed by atoms with Crippen LogP contribution in [-0.2, 0) is 0 Å². The van der Waals surface area contributed by atoms with Crippen molar-refractivity contribution in [2.45, 2.75) is 24.6 Å². The molecular weight excluding hydrogens is 302 g/mol. The van der Waals surface area contributed by atoms with Crippen LogP contribution in [0.5, 0.6) is 5.75 Å². The fourth-order valence-corrected chi connectivity index (χ4v) is 2.72. The molecule has 1 heterocycles. The fourth-order valence-electron chi connectivity index (χ4n) is 2.13. The zero-order valence-corrected chi connectivity index (χ0v) is 13.0. The molecule has 2 aromatic rings. The molecule has 0 aliphatic carbocycles. The van der Waals surface area contributed by atoms with Crippen LogP contribution >= 0.6 is 15.9 Å². The molecule has 1 aromatic heterocycles. The molecule has 19 heavy (non-hydrogen) atoms. The van der Waals surface area contributed by atoms with Crippen LogP contribution in [0.25, 0.3) is 0 Å². The molecule has 100 valence electrons. The number of aromatic nitrogens is 1. The number of alkyl halides is 1. The molecule has 0 amide bonds. The normalized spacial score (nSPS) is 13.9. The van der Waals surface area contributed by atoms with Crippen molar-refractivity contribution in [2.24, 2.45) is 0 Å². The molecule has 0 fully saturated rings. The molecule has 0 N–H and O–H groups in total. The molecule has 2 unspecified atom stereocenters. The molecule has 2 atom stereocenters. The Morgan fingerprint density at radius 1 is 1.11 bits per heavy atom. The summed E-state index contributed by atoms with van der Waals surface area (Å²) in [5.74, 6) is 1.30. The van der Waals surface area contributed by atoms with Crippen molar-refractivity contribution in [1.82, 2.24) is 4.98 Å². The molecule has 2 nitrogen and oxygen atoms in total. The third-order valence-corrected chi connectivity index (χ3v) is 4.74. The summed E-state index contributed by atoms with van der Waals surface area (Å²) in [5.41, 5.74) is 3.66. The molecule has 0 radical (unpaired) electrons. The number of benzene rings is 1. The van der Waals surface area contributed by atoms with Gasteiger partial charge in [-0.1, -0.05) is 35.0 Å². The molecule has 0 saturated heterocycles. The molecule has 0 spiro atoms. The maximum atomic E-state index is 5.39. The lowest BCUT2D eigenvalue weighted by Crippen LogP contribution is -2.03. The van der Waals surface area contributed by atoms with Crippen molar-refractivity contribution in [3.05, 3.63) is 59.4 Å². The maximum Gasteiger partial charge on any atom is 0.122 e. The number of nitrogens with zero attached hydrogens (tertiary/aromatic N) is 1. The average molecular weight is 320 g/mol. The van der Waals surface area contributed by atoms with Gasteiger partial charge in [0.15, 0.2) is 0 Å². The predicted molar refractivity (Wildman–Crippen MR) is 82.1 cm³/mol. The Hall–Kier alpha value is -1.35. The van der Waals surface area contributed by atoms with Gasteiger partial charge < -0.3 is 4.74 Å². The average Bonchev–Trinajstić information content (AvgIpc) is 2.47. The lowest BCUT2D eigenvalue weighted by atomic mass is 9.94. The number of aryl methyl sites for hydroxylation is 1. The smallest absolute Gasteiger partial charge is 0.122 e.